The molecule has 0 aliphatic heterocycles. The molecule has 3 N–H and O–H groups in total. The Morgan fingerprint density at radius 3 is 2.76 bits per heavy atom. The first-order chi connectivity index (χ1) is 14.2. The normalized spacial score (nSPS) is 19.1. The zero-order valence-corrected chi connectivity index (χ0v) is 18.5. The van der Waals surface area contributed by atoms with Crippen molar-refractivity contribution in [3.8, 4) is 0 Å². The van der Waals surface area contributed by atoms with E-state index in [2.05, 4.69) is 28.6 Å². The van der Waals surface area contributed by atoms with Crippen molar-refractivity contribution < 1.29 is 5.11 Å². The van der Waals surface area contributed by atoms with Gasteiger partial charge in [-0.2, -0.15) is 0 Å². The van der Waals surface area contributed by atoms with Gasteiger partial charge in [0.1, 0.15) is 0 Å². The Kier molecular flexibility index (Phi) is 10.7. The summed E-state index contributed by atoms with van der Waals surface area (Å²) in [6.07, 6.45) is 15.6. The average molecular weight is 414 g/mol. The van der Waals surface area contributed by atoms with Crippen LogP contribution in [0.3, 0.4) is 0 Å². The second-order valence-electron chi connectivity index (χ2n) is 7.47. The highest BCUT2D eigenvalue weighted by molar-refractivity contribution is 7.80. The van der Waals surface area contributed by atoms with E-state index in [4.69, 9.17) is 12.2 Å². The molecule has 29 heavy (non-hydrogen) atoms. The molecule has 0 saturated carbocycles. The Labute approximate surface area is 181 Å². The molecule has 158 valence electrons. The summed E-state index contributed by atoms with van der Waals surface area (Å²) in [6, 6.07) is 7.92. The molecule has 0 bridgehead atoms. The summed E-state index contributed by atoms with van der Waals surface area (Å²) in [5, 5.41) is 17.3. The summed E-state index contributed by atoms with van der Waals surface area (Å²) < 4.78 is 0. The van der Waals surface area contributed by atoms with Gasteiger partial charge in [-0.15, -0.1) is 0 Å². The van der Waals surface area contributed by atoms with Crippen LogP contribution < -0.4 is 10.6 Å². The first-order valence-corrected chi connectivity index (χ1v) is 11.2. The lowest BCUT2D eigenvalue weighted by Gasteiger charge is -2.20. The Bertz CT molecular complexity index is 727. The largest absolute Gasteiger partial charge is 0.390 e. The van der Waals surface area contributed by atoms with Gasteiger partial charge in [0.25, 0.3) is 0 Å². The van der Waals surface area contributed by atoms with Gasteiger partial charge in [-0.3, -0.25) is 4.99 Å². The third kappa shape index (κ3) is 8.11. The maximum absolute atomic E-state index is 10.4. The number of aliphatic hydroxyl groups is 1. The van der Waals surface area contributed by atoms with Crippen molar-refractivity contribution >= 4 is 23.5 Å². The number of unbranched alkanes of at least 4 members (excludes halogenated alkanes) is 5. The molecule has 4 nitrogen and oxygen atoms in total. The molecular weight excluding hydrogens is 378 g/mol. The number of nitrogens with zero attached hydrogens (tertiary/aromatic N) is 1. The van der Waals surface area contributed by atoms with E-state index in [0.717, 1.165) is 24.2 Å². The van der Waals surface area contributed by atoms with Crippen LogP contribution in [0.15, 0.2) is 53.2 Å². The van der Waals surface area contributed by atoms with Crippen molar-refractivity contribution in [2.75, 3.05) is 6.54 Å². The van der Waals surface area contributed by atoms with Gasteiger partial charge in [-0.1, -0.05) is 69.4 Å². The highest BCUT2D eigenvalue weighted by Gasteiger charge is 2.31. The van der Waals surface area contributed by atoms with E-state index in [1.807, 2.05) is 49.6 Å². The topological polar surface area (TPSA) is 56.7 Å². The van der Waals surface area contributed by atoms with Crippen LogP contribution >= 0.6 is 12.2 Å². The van der Waals surface area contributed by atoms with E-state index in [9.17, 15) is 5.11 Å². The average Bonchev–Trinajstić information content (AvgIpc) is 3.03. The van der Waals surface area contributed by atoms with E-state index >= 15 is 0 Å². The fourth-order valence-electron chi connectivity index (χ4n) is 3.53. The summed E-state index contributed by atoms with van der Waals surface area (Å²) >= 11 is 5.45. The van der Waals surface area contributed by atoms with Crippen LogP contribution in [-0.2, 0) is 6.42 Å². The third-order valence-corrected chi connectivity index (χ3v) is 5.39. The number of hydrogen-bond acceptors (Lipinski definition) is 3. The van der Waals surface area contributed by atoms with E-state index in [1.165, 1.54) is 37.7 Å². The fourth-order valence-corrected chi connectivity index (χ4v) is 3.78. The van der Waals surface area contributed by atoms with E-state index in [1.54, 1.807) is 0 Å². The molecule has 0 heterocycles. The van der Waals surface area contributed by atoms with Gasteiger partial charge in [0.15, 0.2) is 5.11 Å². The molecule has 0 fully saturated rings. The first kappa shape index (κ1) is 23.3. The van der Waals surface area contributed by atoms with Crippen LogP contribution in [0.4, 0.5) is 0 Å². The van der Waals surface area contributed by atoms with Crippen molar-refractivity contribution in [2.45, 2.75) is 70.9 Å². The first-order valence-electron chi connectivity index (χ1n) is 10.8. The summed E-state index contributed by atoms with van der Waals surface area (Å²) in [7, 11) is 0. The Morgan fingerprint density at radius 2 is 1.97 bits per heavy atom. The van der Waals surface area contributed by atoms with Crippen LogP contribution in [-0.4, -0.2) is 29.1 Å². The van der Waals surface area contributed by atoms with E-state index in [0.29, 0.717) is 11.5 Å². The van der Waals surface area contributed by atoms with Gasteiger partial charge < -0.3 is 15.7 Å². The summed E-state index contributed by atoms with van der Waals surface area (Å²) in [4.78, 5) is 4.44. The summed E-state index contributed by atoms with van der Waals surface area (Å²) in [5.41, 5.74) is 3.19. The predicted octanol–water partition coefficient (Wildman–Crippen LogP) is 5.00. The van der Waals surface area contributed by atoms with Crippen LogP contribution in [0.2, 0.25) is 0 Å². The molecule has 0 radical (unpaired) electrons. The van der Waals surface area contributed by atoms with Gasteiger partial charge in [0.05, 0.1) is 12.1 Å². The standard InChI is InChI=1S/C24H35N3OS/c1-3-5-6-7-8-11-16-25-17-12-14-20(4-2)26-24(29)27-23-21-15-10-9-13-19(21)18-22(23)28/h4,9-10,12-15,17,22-23,28H,3,5-8,11,16,18H2,1-2H3,(H2,26,27,29)/b14-12-,20-4+,25-17+/t22-,23+/m0/s1. The zero-order valence-electron chi connectivity index (χ0n) is 17.7. The number of rotatable bonds is 11. The number of aliphatic hydroxyl groups excluding tert-OH is 1. The minimum absolute atomic E-state index is 0.174. The van der Waals surface area contributed by atoms with Crippen molar-refractivity contribution in [2.24, 2.45) is 4.99 Å². The number of thiocarbonyl (C=S) groups is 1. The summed E-state index contributed by atoms with van der Waals surface area (Å²) in [5.74, 6) is 0. The molecule has 0 aromatic heterocycles. The molecule has 0 spiro atoms. The lowest BCUT2D eigenvalue weighted by molar-refractivity contribution is 0.150. The minimum Gasteiger partial charge on any atom is -0.390 e. The number of fused-ring (bicyclic) bond motifs is 1. The number of allylic oxidation sites excluding steroid dienone is 3. The summed E-state index contributed by atoms with van der Waals surface area (Å²) in [6.45, 7) is 5.08. The monoisotopic (exact) mass is 413 g/mol. The van der Waals surface area contributed by atoms with Gasteiger partial charge >= 0.3 is 0 Å². The van der Waals surface area contributed by atoms with Crippen molar-refractivity contribution in [3.05, 3.63) is 59.3 Å². The van der Waals surface area contributed by atoms with Gasteiger partial charge in [0.2, 0.25) is 0 Å². The Morgan fingerprint density at radius 1 is 1.21 bits per heavy atom. The molecular formula is C24H35N3OS. The fraction of sp³-hybridized carbons (Fsp3) is 0.500. The van der Waals surface area contributed by atoms with Gasteiger partial charge in [-0.25, -0.2) is 0 Å². The van der Waals surface area contributed by atoms with Crippen LogP contribution in [0.5, 0.6) is 0 Å². The molecule has 1 aromatic carbocycles. The lowest BCUT2D eigenvalue weighted by atomic mass is 10.1. The molecule has 0 amide bonds. The molecule has 5 heteroatoms. The lowest BCUT2D eigenvalue weighted by Crippen LogP contribution is -2.40. The molecule has 1 aromatic rings. The van der Waals surface area contributed by atoms with Gasteiger partial charge in [0, 0.05) is 24.9 Å². The highest BCUT2D eigenvalue weighted by atomic mass is 32.1. The number of nitrogens with one attached hydrogen (secondary N) is 2. The highest BCUT2D eigenvalue weighted by Crippen LogP contribution is 2.31. The quantitative estimate of drug-likeness (QED) is 0.207. The number of benzene rings is 1. The number of aliphatic imine (C=N–C) groups is 1. The Hall–Kier alpha value is -1.98. The smallest absolute Gasteiger partial charge is 0.171 e. The minimum atomic E-state index is -0.467. The second-order valence-corrected chi connectivity index (χ2v) is 7.88. The predicted molar refractivity (Wildman–Crippen MR) is 127 cm³/mol. The maximum atomic E-state index is 10.4. The van der Waals surface area contributed by atoms with Crippen LogP contribution in [0.25, 0.3) is 0 Å². The molecule has 0 saturated heterocycles. The van der Waals surface area contributed by atoms with Crippen molar-refractivity contribution in [1.29, 1.82) is 0 Å². The molecule has 0 unspecified atom stereocenters. The van der Waals surface area contributed by atoms with E-state index in [-0.39, 0.29) is 6.04 Å². The van der Waals surface area contributed by atoms with Crippen LogP contribution in [0.1, 0.15) is 69.5 Å². The molecule has 2 rings (SSSR count). The van der Waals surface area contributed by atoms with E-state index < -0.39 is 6.10 Å². The number of hydrogen-bond donors (Lipinski definition) is 3. The van der Waals surface area contributed by atoms with Crippen molar-refractivity contribution in [3.63, 3.8) is 0 Å². The molecule has 2 atom stereocenters. The third-order valence-electron chi connectivity index (χ3n) is 5.17. The molecule has 1 aliphatic carbocycles. The van der Waals surface area contributed by atoms with Crippen LogP contribution in [0, 0.1) is 0 Å². The van der Waals surface area contributed by atoms with Crippen molar-refractivity contribution in [1.82, 2.24) is 10.6 Å². The Balaban J connectivity index is 1.72. The SMILES string of the molecule is C\C=C(/C=C\C=N\CCCCCCCC)NC(=S)N[C@@H]1c2ccccc2C[C@@H]1O. The second kappa shape index (κ2) is 13.3. The maximum Gasteiger partial charge on any atom is 0.171 e. The zero-order chi connectivity index (χ0) is 20.9. The molecule has 1 aliphatic rings. The van der Waals surface area contributed by atoms with Gasteiger partial charge in [-0.05, 0) is 48.8 Å².